The highest BCUT2D eigenvalue weighted by molar-refractivity contribution is 6.01. The summed E-state index contributed by atoms with van der Waals surface area (Å²) in [7, 11) is 0. The van der Waals surface area contributed by atoms with Crippen LogP contribution in [0.3, 0.4) is 0 Å². The minimum absolute atomic E-state index is 0.0119. The monoisotopic (exact) mass is 930 g/mol. The number of amidine groups is 2. The second kappa shape index (κ2) is 23.6. The van der Waals surface area contributed by atoms with E-state index in [1.165, 1.54) is 0 Å². The molecule has 0 unspecified atom stereocenters. The van der Waals surface area contributed by atoms with Crippen LogP contribution in [0.15, 0.2) is 36.7 Å². The molecule has 3 heterocycles. The zero-order valence-electron chi connectivity index (χ0n) is 36.5. The third kappa shape index (κ3) is 15.7. The Labute approximate surface area is 378 Å². The molecular formula is C46H56F6N8O6. The summed E-state index contributed by atoms with van der Waals surface area (Å²) in [6.45, 7) is 1.88. The number of unbranched alkanes of at least 4 members (excludes halogenated alkanes) is 4. The number of hydrogen-bond acceptors (Lipinski definition) is 12. The fourth-order valence-corrected chi connectivity index (χ4v) is 7.87. The summed E-state index contributed by atoms with van der Waals surface area (Å²) in [6.07, 6.45) is -6.98. The van der Waals surface area contributed by atoms with E-state index < -0.39 is 72.9 Å². The van der Waals surface area contributed by atoms with E-state index >= 15 is 0 Å². The molecule has 1 aromatic heterocycles. The fourth-order valence-electron chi connectivity index (χ4n) is 7.87. The summed E-state index contributed by atoms with van der Waals surface area (Å²) in [5.74, 6) is -2.44. The van der Waals surface area contributed by atoms with Gasteiger partial charge in [0.2, 0.25) is 0 Å². The van der Waals surface area contributed by atoms with Crippen LogP contribution in [0.1, 0.15) is 131 Å². The van der Waals surface area contributed by atoms with Crippen LogP contribution in [0.5, 0.6) is 11.5 Å². The Morgan fingerprint density at radius 2 is 0.939 bits per heavy atom. The zero-order chi connectivity index (χ0) is 48.0. The molecule has 8 N–H and O–H groups in total. The average molecular weight is 931 g/mol. The molecule has 0 bridgehead atoms. The molecule has 2 fully saturated rings. The van der Waals surface area contributed by atoms with E-state index in [1.807, 2.05) is 0 Å². The number of nitrogens with zero attached hydrogens (tertiary/aromatic N) is 2. The van der Waals surface area contributed by atoms with Gasteiger partial charge in [-0.25, -0.2) is 9.97 Å². The molecule has 0 saturated carbocycles. The van der Waals surface area contributed by atoms with Crippen LogP contribution < -0.4 is 31.6 Å². The lowest BCUT2D eigenvalue weighted by Gasteiger charge is -2.22. The first-order valence-electron chi connectivity index (χ1n) is 22.0. The normalized spacial score (nSPS) is 16.3. The molecule has 2 atom stereocenters. The Morgan fingerprint density at radius 3 is 1.27 bits per heavy atom. The van der Waals surface area contributed by atoms with E-state index in [0.29, 0.717) is 90.4 Å². The summed E-state index contributed by atoms with van der Waals surface area (Å²) >= 11 is 0. The molecule has 358 valence electrons. The van der Waals surface area contributed by atoms with E-state index in [4.69, 9.17) is 31.8 Å². The molecular weight excluding hydrogens is 875 g/mol. The Kier molecular flexibility index (Phi) is 18.3. The van der Waals surface area contributed by atoms with Crippen LogP contribution in [0.25, 0.3) is 0 Å². The Hall–Kier alpha value is -5.76. The highest BCUT2D eigenvalue weighted by Crippen LogP contribution is 2.39. The summed E-state index contributed by atoms with van der Waals surface area (Å²) in [6, 6.07) is 4.27. The fraction of sp³-hybridized carbons (Fsp3) is 0.522. The summed E-state index contributed by atoms with van der Waals surface area (Å²) < 4.78 is 98.6. The number of ether oxygens (including phenoxy) is 2. The Morgan fingerprint density at radius 1 is 0.576 bits per heavy atom. The highest BCUT2D eigenvalue weighted by atomic mass is 19.4. The standard InChI is InChI=1S/C46H56F6N8O6/c47-45(48,49)31-15-27(19-33(61)7-3-1-5-9-41(53)54)43(65-35-11-13-57-24-35)29(17-31)21-39(63)37-23-38(60-26-59-37)40(64)22-30-18-32(46(50,51)52)16-28(44(30)66-36-12-14-58-25-36)20-34(62)8-4-2-6-10-42(55)56/h15-18,23,26,35-36,57-58H,1-14,19-22,24-25H2,(H3,53,54)(H3,55,56)/t35-,36-/m0/s1. The van der Waals surface area contributed by atoms with Gasteiger partial charge in [0.25, 0.3) is 0 Å². The number of Topliss-reactive ketones (excluding diaryl/α,β-unsaturated/α-hetero) is 4. The molecule has 5 rings (SSSR count). The van der Waals surface area contributed by atoms with Gasteiger partial charge in [0.1, 0.15) is 53.0 Å². The van der Waals surface area contributed by atoms with Crippen molar-refractivity contribution in [3.8, 4) is 11.5 Å². The molecule has 66 heavy (non-hydrogen) atoms. The number of benzene rings is 2. The molecule has 2 aliphatic heterocycles. The summed E-state index contributed by atoms with van der Waals surface area (Å²) in [4.78, 5) is 62.1. The first-order valence-corrected chi connectivity index (χ1v) is 22.0. The van der Waals surface area contributed by atoms with Gasteiger partial charge in [-0.3, -0.25) is 30.0 Å². The molecule has 0 radical (unpaired) electrons. The molecule has 2 saturated heterocycles. The number of hydrogen-bond donors (Lipinski definition) is 6. The largest absolute Gasteiger partial charge is 0.488 e. The molecule has 20 heteroatoms. The first kappa shape index (κ1) is 51.2. The van der Waals surface area contributed by atoms with Crippen LogP contribution in [0.4, 0.5) is 26.3 Å². The van der Waals surface area contributed by atoms with Gasteiger partial charge in [-0.1, -0.05) is 12.8 Å². The predicted molar refractivity (Wildman–Crippen MR) is 232 cm³/mol. The maximum atomic E-state index is 14.4. The number of nitrogens with one attached hydrogen (secondary N) is 4. The van der Waals surface area contributed by atoms with Gasteiger partial charge in [0, 0.05) is 86.7 Å². The van der Waals surface area contributed by atoms with Crippen LogP contribution in [-0.2, 0) is 47.6 Å². The van der Waals surface area contributed by atoms with Gasteiger partial charge in [-0.05, 0) is 81.9 Å². The third-order valence-electron chi connectivity index (χ3n) is 11.3. The average Bonchev–Trinajstić information content (AvgIpc) is 3.97. The number of halogens is 6. The number of rotatable bonds is 26. The molecule has 0 amide bonds. The van der Waals surface area contributed by atoms with Crippen molar-refractivity contribution in [1.29, 1.82) is 10.8 Å². The van der Waals surface area contributed by atoms with Crippen molar-refractivity contribution < 1.29 is 55.0 Å². The number of ketones is 4. The van der Waals surface area contributed by atoms with Crippen molar-refractivity contribution in [3.05, 3.63) is 81.4 Å². The number of carbonyl (C=O) groups is 4. The van der Waals surface area contributed by atoms with E-state index in [9.17, 15) is 45.5 Å². The lowest BCUT2D eigenvalue weighted by Crippen LogP contribution is -2.23. The second-order valence-corrected chi connectivity index (χ2v) is 16.8. The van der Waals surface area contributed by atoms with Crippen molar-refractivity contribution >= 4 is 34.8 Å². The lowest BCUT2D eigenvalue weighted by atomic mass is 9.94. The molecule has 2 aliphatic rings. The van der Waals surface area contributed by atoms with E-state index in [-0.39, 0.29) is 81.2 Å². The molecule has 2 aromatic carbocycles. The van der Waals surface area contributed by atoms with Crippen LogP contribution >= 0.6 is 0 Å². The maximum Gasteiger partial charge on any atom is 0.416 e. The summed E-state index contributed by atoms with van der Waals surface area (Å²) in [5, 5.41) is 20.9. The third-order valence-corrected chi connectivity index (χ3v) is 11.3. The Balaban J connectivity index is 1.42. The van der Waals surface area contributed by atoms with Gasteiger partial charge in [0.15, 0.2) is 11.6 Å². The van der Waals surface area contributed by atoms with Gasteiger partial charge >= 0.3 is 12.4 Å². The van der Waals surface area contributed by atoms with Gasteiger partial charge in [0.05, 0.1) is 22.8 Å². The number of alkyl halides is 6. The van der Waals surface area contributed by atoms with Gasteiger partial charge < -0.3 is 31.6 Å². The van der Waals surface area contributed by atoms with Crippen molar-refractivity contribution in [1.82, 2.24) is 20.6 Å². The smallest absolute Gasteiger partial charge is 0.416 e. The second-order valence-electron chi connectivity index (χ2n) is 16.8. The van der Waals surface area contributed by atoms with Crippen molar-refractivity contribution in [2.45, 2.75) is 127 Å². The molecule has 0 spiro atoms. The van der Waals surface area contributed by atoms with E-state index in [1.54, 1.807) is 0 Å². The predicted octanol–water partition coefficient (Wildman–Crippen LogP) is 6.84. The number of carbonyl (C=O) groups excluding carboxylic acids is 4. The minimum atomic E-state index is -4.87. The molecule has 14 nitrogen and oxygen atoms in total. The Bertz CT molecular complexity index is 2090. The zero-order valence-corrected chi connectivity index (χ0v) is 36.5. The number of aromatic nitrogens is 2. The first-order chi connectivity index (χ1) is 31.3. The lowest BCUT2D eigenvalue weighted by molar-refractivity contribution is -0.138. The summed E-state index contributed by atoms with van der Waals surface area (Å²) in [5.41, 5.74) is 7.41. The molecule has 0 aliphatic carbocycles. The SMILES string of the molecule is N=C(N)CCCCCC(=O)Cc1cc(C(F)(F)F)cc(CC(=O)c2cc(C(=O)Cc3cc(C(F)(F)F)cc(CC(=O)CCCCCC(=N)N)c3O[C@H]3CCNC3)ncn2)c1O[C@H]1CCNC1. The van der Waals surface area contributed by atoms with E-state index in [2.05, 4.69) is 20.6 Å². The highest BCUT2D eigenvalue weighted by Gasteiger charge is 2.36. The van der Waals surface area contributed by atoms with Crippen LogP contribution in [0, 0.1) is 10.8 Å². The van der Waals surface area contributed by atoms with E-state index in [0.717, 1.165) is 36.7 Å². The van der Waals surface area contributed by atoms with Crippen LogP contribution in [-0.4, -0.2) is 83.2 Å². The molecule has 3 aromatic rings. The quantitative estimate of drug-likeness (QED) is 0.0160. The topological polar surface area (TPSA) is 236 Å². The van der Waals surface area contributed by atoms with Crippen molar-refractivity contribution in [2.75, 3.05) is 26.2 Å². The minimum Gasteiger partial charge on any atom is -0.488 e. The maximum absolute atomic E-state index is 14.4. The van der Waals surface area contributed by atoms with Crippen molar-refractivity contribution in [2.24, 2.45) is 11.5 Å². The van der Waals surface area contributed by atoms with Gasteiger partial charge in [-0.15, -0.1) is 0 Å². The van der Waals surface area contributed by atoms with Crippen molar-refractivity contribution in [3.63, 3.8) is 0 Å². The van der Waals surface area contributed by atoms with Gasteiger partial charge in [-0.2, -0.15) is 26.3 Å². The van der Waals surface area contributed by atoms with Crippen LogP contribution in [0.2, 0.25) is 0 Å². The number of nitrogens with two attached hydrogens (primary N) is 2.